The number of hydrogen-bond donors (Lipinski definition) is 0. The number of carbonyl (C=O) groups is 2. The summed E-state index contributed by atoms with van der Waals surface area (Å²) in [6.07, 6.45) is 1.28. The van der Waals surface area contributed by atoms with Crippen LogP contribution in [0.25, 0.3) is 21.5 Å². The van der Waals surface area contributed by atoms with Crippen molar-refractivity contribution < 1.29 is 9.59 Å². The molecule has 2 atom stereocenters. The van der Waals surface area contributed by atoms with Crippen molar-refractivity contribution in [2.45, 2.75) is 25.3 Å². The fourth-order valence-corrected chi connectivity index (χ4v) is 7.75. The van der Waals surface area contributed by atoms with Crippen molar-refractivity contribution in [3.63, 3.8) is 0 Å². The van der Waals surface area contributed by atoms with Gasteiger partial charge in [0.05, 0.1) is 0 Å². The largest absolute Gasteiger partial charge is 0.312 e. The van der Waals surface area contributed by atoms with Crippen LogP contribution in [0.4, 0.5) is 0 Å². The third-order valence-corrected chi connectivity index (χ3v) is 9.96. The van der Waals surface area contributed by atoms with Gasteiger partial charge >= 0.3 is 0 Å². The molecule has 3 aromatic carbocycles. The van der Waals surface area contributed by atoms with Gasteiger partial charge in [0.1, 0.15) is 5.41 Å². The van der Waals surface area contributed by atoms with E-state index in [1.165, 1.54) is 9.80 Å². The lowest BCUT2D eigenvalue weighted by Crippen LogP contribution is -2.67. The second-order valence-electron chi connectivity index (χ2n) is 12.0. The highest BCUT2D eigenvalue weighted by Gasteiger charge is 2.56. The standard InChI is InChI=1S/C33H32N4O3S/c1-34-30(39)33(31(40)35(2)32(34)41,16-27-25-10-5-3-8-22(25)15-23-9-4-6-11-26(23)27)20-36-17-21-14-24(19-36)28-12-7-13-29(38)37(28)18-21/h3-13,15,21,24H,14,16-20H2,1-2H3/t21-,24+/m1/s1. The molecule has 4 heterocycles. The molecule has 41 heavy (non-hydrogen) atoms. The maximum Gasteiger partial charge on any atom is 0.250 e. The van der Waals surface area contributed by atoms with Crippen molar-refractivity contribution in [2.24, 2.45) is 11.3 Å². The average molecular weight is 565 g/mol. The third-order valence-electron chi connectivity index (χ3n) is 9.41. The topological polar surface area (TPSA) is 65.9 Å². The average Bonchev–Trinajstić information content (AvgIpc) is 2.98. The first kappa shape index (κ1) is 26.0. The normalized spacial score (nSPS) is 22.4. The molecule has 2 bridgehead atoms. The summed E-state index contributed by atoms with van der Waals surface area (Å²) in [6.45, 7) is 2.38. The molecular formula is C33H32N4O3S. The number of fused-ring (bicyclic) bond motifs is 6. The molecule has 0 unspecified atom stereocenters. The summed E-state index contributed by atoms with van der Waals surface area (Å²) < 4.78 is 1.91. The van der Waals surface area contributed by atoms with Crippen LogP contribution in [0.5, 0.6) is 0 Å². The van der Waals surface area contributed by atoms with E-state index in [1.54, 1.807) is 20.2 Å². The SMILES string of the molecule is CN1C(=O)C(Cc2c3ccccc3cc3ccccc23)(CN2C[C@H]3C[C@@H](C2)c2cccc(=O)n2C3)C(=O)N(C)C1=S. The zero-order valence-corrected chi connectivity index (χ0v) is 24.1. The minimum absolute atomic E-state index is 0.0411. The van der Waals surface area contributed by atoms with Crippen LogP contribution in [0.2, 0.25) is 0 Å². The predicted molar refractivity (Wildman–Crippen MR) is 164 cm³/mol. The molecule has 3 aliphatic rings. The van der Waals surface area contributed by atoms with Gasteiger partial charge in [0, 0.05) is 58.0 Å². The molecule has 4 aromatic rings. The Morgan fingerprint density at radius 1 is 0.805 bits per heavy atom. The lowest BCUT2D eigenvalue weighted by atomic mass is 9.74. The Labute approximate surface area is 243 Å². The summed E-state index contributed by atoms with van der Waals surface area (Å²) in [5, 5.41) is 4.49. The highest BCUT2D eigenvalue weighted by molar-refractivity contribution is 7.80. The van der Waals surface area contributed by atoms with Crippen LogP contribution in [-0.2, 0) is 22.6 Å². The van der Waals surface area contributed by atoms with Gasteiger partial charge in [0.15, 0.2) is 5.11 Å². The van der Waals surface area contributed by atoms with Gasteiger partial charge in [-0.3, -0.25) is 24.2 Å². The summed E-state index contributed by atoms with van der Waals surface area (Å²) in [6, 6.07) is 24.1. The number of rotatable bonds is 4. The molecule has 2 saturated heterocycles. The Morgan fingerprint density at radius 2 is 1.44 bits per heavy atom. The van der Waals surface area contributed by atoms with Crippen molar-refractivity contribution in [3.8, 4) is 0 Å². The number of piperidine rings is 1. The summed E-state index contributed by atoms with van der Waals surface area (Å²) in [7, 11) is 3.36. The number of amides is 2. The van der Waals surface area contributed by atoms with Crippen LogP contribution in [0, 0.1) is 11.3 Å². The number of carbonyl (C=O) groups excluding carboxylic acids is 2. The molecule has 7 rings (SSSR count). The molecule has 0 radical (unpaired) electrons. The van der Waals surface area contributed by atoms with Crippen LogP contribution in [0.15, 0.2) is 77.6 Å². The molecule has 0 saturated carbocycles. The van der Waals surface area contributed by atoms with Crippen molar-refractivity contribution in [1.82, 2.24) is 19.3 Å². The molecule has 0 N–H and O–H groups in total. The lowest BCUT2D eigenvalue weighted by Gasteiger charge is -2.49. The van der Waals surface area contributed by atoms with Gasteiger partial charge in [-0.1, -0.05) is 54.6 Å². The van der Waals surface area contributed by atoms with E-state index < -0.39 is 5.41 Å². The lowest BCUT2D eigenvalue weighted by molar-refractivity contribution is -0.157. The van der Waals surface area contributed by atoms with Gasteiger partial charge in [0.2, 0.25) is 11.8 Å². The van der Waals surface area contributed by atoms with Gasteiger partial charge in [-0.05, 0) is 70.2 Å². The van der Waals surface area contributed by atoms with E-state index in [-0.39, 0.29) is 40.7 Å². The van der Waals surface area contributed by atoms with Crippen LogP contribution in [0.3, 0.4) is 0 Å². The second-order valence-corrected chi connectivity index (χ2v) is 12.3. The minimum Gasteiger partial charge on any atom is -0.312 e. The smallest absolute Gasteiger partial charge is 0.250 e. The van der Waals surface area contributed by atoms with Crippen LogP contribution >= 0.6 is 12.2 Å². The molecule has 208 valence electrons. The first-order chi connectivity index (χ1) is 19.8. The van der Waals surface area contributed by atoms with E-state index in [0.29, 0.717) is 19.6 Å². The van der Waals surface area contributed by atoms with E-state index in [4.69, 9.17) is 12.2 Å². The Bertz CT molecular complexity index is 1740. The maximum atomic E-state index is 14.4. The van der Waals surface area contributed by atoms with Crippen molar-refractivity contribution in [1.29, 1.82) is 0 Å². The fourth-order valence-electron chi connectivity index (χ4n) is 7.58. The van der Waals surface area contributed by atoms with Gasteiger partial charge in [0.25, 0.3) is 5.56 Å². The summed E-state index contributed by atoms with van der Waals surface area (Å²) in [5.74, 6) is -0.0517. The summed E-state index contributed by atoms with van der Waals surface area (Å²) >= 11 is 5.52. The van der Waals surface area contributed by atoms with Gasteiger partial charge in [-0.25, -0.2) is 0 Å². The first-order valence-corrected chi connectivity index (χ1v) is 14.6. The number of hydrogen-bond acceptors (Lipinski definition) is 5. The molecule has 0 aliphatic carbocycles. The summed E-state index contributed by atoms with van der Waals surface area (Å²) in [5.41, 5.74) is 0.744. The number of aromatic nitrogens is 1. The van der Waals surface area contributed by atoms with Crippen molar-refractivity contribution >= 4 is 50.7 Å². The monoisotopic (exact) mass is 564 g/mol. The Kier molecular flexibility index (Phi) is 6.10. The maximum absolute atomic E-state index is 14.4. The van der Waals surface area contributed by atoms with Crippen molar-refractivity contribution in [3.05, 3.63) is 94.4 Å². The number of benzene rings is 3. The number of nitrogens with zero attached hydrogens (tertiary/aromatic N) is 4. The number of likely N-dealkylation sites (tertiary alicyclic amines) is 1. The van der Waals surface area contributed by atoms with Crippen LogP contribution < -0.4 is 5.56 Å². The second kappa shape index (κ2) is 9.60. The number of pyridine rings is 1. The quantitative estimate of drug-likeness (QED) is 0.213. The summed E-state index contributed by atoms with van der Waals surface area (Å²) in [4.78, 5) is 46.6. The zero-order chi connectivity index (χ0) is 28.5. The van der Waals surface area contributed by atoms with Gasteiger partial charge in [-0.15, -0.1) is 0 Å². The predicted octanol–water partition coefficient (Wildman–Crippen LogP) is 4.02. The van der Waals surface area contributed by atoms with Crippen LogP contribution in [-0.4, -0.2) is 69.9 Å². The molecule has 1 aromatic heterocycles. The first-order valence-electron chi connectivity index (χ1n) is 14.2. The Hall–Kier alpha value is -3.88. The van der Waals surface area contributed by atoms with Gasteiger partial charge in [-0.2, -0.15) is 0 Å². The fraction of sp³-hybridized carbons (Fsp3) is 0.333. The van der Waals surface area contributed by atoms with E-state index in [0.717, 1.165) is 45.8 Å². The highest BCUT2D eigenvalue weighted by atomic mass is 32.1. The highest BCUT2D eigenvalue weighted by Crippen LogP contribution is 2.41. The Balaban J connectivity index is 1.35. The Morgan fingerprint density at radius 3 is 2.10 bits per heavy atom. The van der Waals surface area contributed by atoms with E-state index in [9.17, 15) is 14.4 Å². The molecule has 3 aliphatic heterocycles. The molecule has 0 spiro atoms. The van der Waals surface area contributed by atoms with Gasteiger partial charge < -0.3 is 9.47 Å². The molecule has 8 heteroatoms. The van der Waals surface area contributed by atoms with E-state index in [2.05, 4.69) is 35.2 Å². The third kappa shape index (κ3) is 4.03. The van der Waals surface area contributed by atoms with E-state index >= 15 is 0 Å². The molecular weight excluding hydrogens is 532 g/mol. The minimum atomic E-state index is -1.35. The molecule has 2 amide bonds. The number of thiocarbonyl (C=S) groups is 1. The van der Waals surface area contributed by atoms with Crippen LogP contribution in [0.1, 0.15) is 23.6 Å². The molecule has 2 fully saturated rings. The van der Waals surface area contributed by atoms with Crippen molar-refractivity contribution in [2.75, 3.05) is 33.7 Å². The van der Waals surface area contributed by atoms with E-state index in [1.807, 2.05) is 41.0 Å². The molecule has 7 nitrogen and oxygen atoms in total. The zero-order valence-electron chi connectivity index (χ0n) is 23.2.